The minimum absolute atomic E-state index is 0.378. The van der Waals surface area contributed by atoms with Crippen LogP contribution in [0.25, 0.3) is 0 Å². The maximum Gasteiger partial charge on any atom is 0.423 e. The number of hydrogen-bond acceptors (Lipinski definition) is 2. The van der Waals surface area contributed by atoms with Crippen molar-refractivity contribution in [2.45, 2.75) is 24.9 Å². The van der Waals surface area contributed by atoms with Crippen LogP contribution in [0.4, 0.5) is 26.3 Å². The third-order valence-electron chi connectivity index (χ3n) is 2.68. The number of nitrogens with zero attached hydrogens (tertiary/aromatic N) is 1. The van der Waals surface area contributed by atoms with E-state index in [1.807, 2.05) is 0 Å². The molecule has 0 bridgehead atoms. The Morgan fingerprint density at radius 3 is 1.81 bits per heavy atom. The van der Waals surface area contributed by atoms with Crippen LogP contribution in [0, 0.1) is 0 Å². The second-order valence-electron chi connectivity index (χ2n) is 4.66. The van der Waals surface area contributed by atoms with Gasteiger partial charge in [0.1, 0.15) is 0 Å². The lowest BCUT2D eigenvalue weighted by atomic mass is 9.93. The molecule has 1 atom stereocenters. The predicted octanol–water partition coefficient (Wildman–Crippen LogP) is 4.63. The SMILES string of the molecule is CN(C)OC(C)(c1cc(Cl)cc(C(F)(F)F)c1)C(F)(F)F. The topological polar surface area (TPSA) is 12.5 Å². The summed E-state index contributed by atoms with van der Waals surface area (Å²) in [5.74, 6) is 0. The summed E-state index contributed by atoms with van der Waals surface area (Å²) in [5, 5.41) is 0.305. The molecule has 0 fully saturated rings. The van der Waals surface area contributed by atoms with Gasteiger partial charge in [0.2, 0.25) is 5.60 Å². The summed E-state index contributed by atoms with van der Waals surface area (Å²) in [6.07, 6.45) is -9.75. The van der Waals surface area contributed by atoms with E-state index in [9.17, 15) is 26.3 Å². The second-order valence-corrected chi connectivity index (χ2v) is 5.10. The van der Waals surface area contributed by atoms with Gasteiger partial charge in [-0.25, -0.2) is 0 Å². The van der Waals surface area contributed by atoms with Gasteiger partial charge >= 0.3 is 12.4 Å². The number of hydrogen-bond donors (Lipinski definition) is 0. The number of hydroxylamine groups is 2. The Morgan fingerprint density at radius 2 is 1.43 bits per heavy atom. The van der Waals surface area contributed by atoms with Crippen LogP contribution in [0.2, 0.25) is 5.02 Å². The van der Waals surface area contributed by atoms with E-state index in [1.165, 1.54) is 14.1 Å². The van der Waals surface area contributed by atoms with Crippen LogP contribution in [0.1, 0.15) is 18.1 Å². The lowest BCUT2D eigenvalue weighted by Crippen LogP contribution is -2.45. The van der Waals surface area contributed by atoms with Crippen molar-refractivity contribution >= 4 is 11.6 Å². The molecule has 0 saturated carbocycles. The molecule has 1 rings (SSSR count). The van der Waals surface area contributed by atoms with E-state index in [0.29, 0.717) is 19.1 Å². The Labute approximate surface area is 122 Å². The molecular weight excluding hydrogens is 324 g/mol. The maximum absolute atomic E-state index is 13.2. The molecular formula is C12H12ClF6NO. The Balaban J connectivity index is 3.49. The molecule has 0 radical (unpaired) electrons. The Kier molecular flexibility index (Phi) is 4.87. The van der Waals surface area contributed by atoms with Crippen LogP contribution in [0.3, 0.4) is 0 Å². The van der Waals surface area contributed by atoms with Crippen molar-refractivity contribution in [2.75, 3.05) is 14.1 Å². The van der Waals surface area contributed by atoms with Crippen molar-refractivity contribution in [3.63, 3.8) is 0 Å². The Morgan fingerprint density at radius 1 is 0.952 bits per heavy atom. The minimum atomic E-state index is -4.94. The number of rotatable bonds is 3. The fraction of sp³-hybridized carbons (Fsp3) is 0.500. The molecule has 0 heterocycles. The summed E-state index contributed by atoms with van der Waals surface area (Å²) in [4.78, 5) is 4.69. The molecule has 120 valence electrons. The molecule has 1 unspecified atom stereocenters. The average molecular weight is 336 g/mol. The van der Waals surface area contributed by atoms with E-state index in [-0.39, 0.29) is 0 Å². The maximum atomic E-state index is 13.2. The molecule has 0 aliphatic heterocycles. The quantitative estimate of drug-likeness (QED) is 0.590. The van der Waals surface area contributed by atoms with Crippen molar-refractivity contribution in [3.05, 3.63) is 34.3 Å². The molecule has 9 heteroatoms. The molecule has 1 aromatic rings. The first-order valence-electron chi connectivity index (χ1n) is 5.59. The standard InChI is InChI=1S/C12H12ClF6NO/c1-10(12(17,18)19,21-20(2)3)7-4-8(11(14,15)16)6-9(13)5-7/h4-6H,1-3H3. The van der Waals surface area contributed by atoms with Gasteiger partial charge < -0.3 is 0 Å². The summed E-state index contributed by atoms with van der Waals surface area (Å²) in [6.45, 7) is 0.638. The van der Waals surface area contributed by atoms with E-state index in [4.69, 9.17) is 16.4 Å². The molecule has 0 aromatic heterocycles. The normalized spacial score (nSPS) is 16.1. The van der Waals surface area contributed by atoms with E-state index in [2.05, 4.69) is 0 Å². The fourth-order valence-corrected chi connectivity index (χ4v) is 1.90. The molecule has 0 amide bonds. The zero-order valence-electron chi connectivity index (χ0n) is 11.2. The minimum Gasteiger partial charge on any atom is -0.279 e. The van der Waals surface area contributed by atoms with Gasteiger partial charge in [-0.3, -0.25) is 4.84 Å². The molecule has 0 spiro atoms. The molecule has 0 aliphatic rings. The smallest absolute Gasteiger partial charge is 0.279 e. The van der Waals surface area contributed by atoms with Gasteiger partial charge in [0.15, 0.2) is 0 Å². The van der Waals surface area contributed by atoms with E-state index >= 15 is 0 Å². The van der Waals surface area contributed by atoms with Crippen molar-refractivity contribution in [1.82, 2.24) is 5.06 Å². The number of halogens is 7. The molecule has 21 heavy (non-hydrogen) atoms. The van der Waals surface area contributed by atoms with Crippen molar-refractivity contribution in [3.8, 4) is 0 Å². The van der Waals surface area contributed by atoms with Gasteiger partial charge in [-0.05, 0) is 30.7 Å². The van der Waals surface area contributed by atoms with E-state index in [0.717, 1.165) is 11.1 Å². The lowest BCUT2D eigenvalue weighted by Gasteiger charge is -2.34. The van der Waals surface area contributed by atoms with Crippen LogP contribution >= 0.6 is 11.6 Å². The number of alkyl halides is 6. The largest absolute Gasteiger partial charge is 0.423 e. The monoisotopic (exact) mass is 335 g/mol. The first-order valence-corrected chi connectivity index (χ1v) is 5.96. The molecule has 0 N–H and O–H groups in total. The van der Waals surface area contributed by atoms with Crippen LogP contribution in [-0.2, 0) is 16.6 Å². The van der Waals surface area contributed by atoms with Gasteiger partial charge in [-0.1, -0.05) is 11.6 Å². The second kappa shape index (κ2) is 5.66. The predicted molar refractivity (Wildman–Crippen MR) is 64.6 cm³/mol. The number of benzene rings is 1. The van der Waals surface area contributed by atoms with Crippen LogP contribution in [-0.4, -0.2) is 25.3 Å². The first-order chi connectivity index (χ1) is 9.27. The first kappa shape index (κ1) is 18.1. The summed E-state index contributed by atoms with van der Waals surface area (Å²) >= 11 is 5.51. The lowest BCUT2D eigenvalue weighted by molar-refractivity contribution is -0.342. The highest BCUT2D eigenvalue weighted by atomic mass is 35.5. The summed E-state index contributed by atoms with van der Waals surface area (Å²) < 4.78 is 77.8. The Bertz CT molecular complexity index is 513. The zero-order valence-corrected chi connectivity index (χ0v) is 12.0. The van der Waals surface area contributed by atoms with Crippen molar-refractivity contribution < 1.29 is 31.2 Å². The van der Waals surface area contributed by atoms with Crippen LogP contribution in [0.15, 0.2) is 18.2 Å². The van der Waals surface area contributed by atoms with Gasteiger partial charge in [-0.2, -0.15) is 31.4 Å². The van der Waals surface area contributed by atoms with Crippen LogP contribution < -0.4 is 0 Å². The van der Waals surface area contributed by atoms with Crippen molar-refractivity contribution in [2.24, 2.45) is 0 Å². The summed E-state index contributed by atoms with van der Waals surface area (Å²) in [7, 11) is 2.39. The Hall–Kier alpha value is -0.990. The van der Waals surface area contributed by atoms with Gasteiger partial charge in [0.25, 0.3) is 0 Å². The van der Waals surface area contributed by atoms with Gasteiger partial charge in [-0.15, -0.1) is 0 Å². The van der Waals surface area contributed by atoms with E-state index < -0.39 is 34.1 Å². The average Bonchev–Trinajstić information content (AvgIpc) is 2.24. The zero-order chi connectivity index (χ0) is 16.6. The van der Waals surface area contributed by atoms with Crippen molar-refractivity contribution in [1.29, 1.82) is 0 Å². The van der Waals surface area contributed by atoms with Gasteiger partial charge in [0.05, 0.1) is 5.56 Å². The summed E-state index contributed by atoms with van der Waals surface area (Å²) in [6, 6.07) is 1.73. The summed E-state index contributed by atoms with van der Waals surface area (Å²) in [5.41, 5.74) is -4.96. The molecule has 0 aliphatic carbocycles. The van der Waals surface area contributed by atoms with Crippen LogP contribution in [0.5, 0.6) is 0 Å². The highest BCUT2D eigenvalue weighted by Crippen LogP contribution is 2.44. The highest BCUT2D eigenvalue weighted by molar-refractivity contribution is 6.30. The molecule has 1 aromatic carbocycles. The highest BCUT2D eigenvalue weighted by Gasteiger charge is 2.55. The third kappa shape index (κ3) is 4.02. The van der Waals surface area contributed by atoms with Gasteiger partial charge in [0, 0.05) is 19.1 Å². The molecule has 0 saturated heterocycles. The van der Waals surface area contributed by atoms with E-state index in [1.54, 1.807) is 0 Å². The fourth-order valence-electron chi connectivity index (χ4n) is 1.66. The molecule has 2 nitrogen and oxygen atoms in total. The third-order valence-corrected chi connectivity index (χ3v) is 2.90.